The molecule has 0 unspecified atom stereocenters. The first-order valence-corrected chi connectivity index (χ1v) is 6.98. The van der Waals surface area contributed by atoms with Gasteiger partial charge in [0.1, 0.15) is 5.75 Å². The van der Waals surface area contributed by atoms with E-state index in [2.05, 4.69) is 4.98 Å². The first-order valence-electron chi connectivity index (χ1n) is 6.20. The van der Waals surface area contributed by atoms with E-state index in [1.54, 1.807) is 24.3 Å². The number of aromatic amines is 1. The molecule has 0 saturated carbocycles. The van der Waals surface area contributed by atoms with Crippen molar-refractivity contribution < 1.29 is 4.74 Å². The van der Waals surface area contributed by atoms with Gasteiger partial charge < -0.3 is 9.72 Å². The average molecular weight is 319 g/mol. The highest BCUT2D eigenvalue weighted by Crippen LogP contribution is 2.26. The van der Waals surface area contributed by atoms with Crippen molar-refractivity contribution in [2.45, 2.75) is 0 Å². The monoisotopic (exact) mass is 318 g/mol. The lowest BCUT2D eigenvalue weighted by Crippen LogP contribution is -2.20. The Morgan fingerprint density at radius 3 is 2.71 bits per heavy atom. The number of hydrogen-bond acceptors (Lipinski definition) is 3. The highest BCUT2D eigenvalue weighted by atomic mass is 35.5. The third-order valence-electron chi connectivity index (χ3n) is 3.20. The van der Waals surface area contributed by atoms with Gasteiger partial charge in [-0.05, 0) is 42.5 Å². The Labute approximate surface area is 130 Å². The molecular formula is C15H11ClN2O2S. The Hall–Kier alpha value is -2.11. The van der Waals surface area contributed by atoms with Crippen molar-refractivity contribution in [2.24, 2.45) is 0 Å². The summed E-state index contributed by atoms with van der Waals surface area (Å²) in [4.78, 5) is 15.7. The second-order valence-corrected chi connectivity index (χ2v) is 5.23. The van der Waals surface area contributed by atoms with E-state index < -0.39 is 0 Å². The van der Waals surface area contributed by atoms with Gasteiger partial charge in [0.05, 0.1) is 28.7 Å². The van der Waals surface area contributed by atoms with Crippen LogP contribution in [0.5, 0.6) is 5.75 Å². The fraction of sp³-hybridized carbons (Fsp3) is 0.0667. The summed E-state index contributed by atoms with van der Waals surface area (Å²) in [5.41, 5.74) is 1.12. The van der Waals surface area contributed by atoms with Gasteiger partial charge in [-0.15, -0.1) is 0 Å². The molecule has 0 aliphatic carbocycles. The number of benzene rings is 2. The van der Waals surface area contributed by atoms with Gasteiger partial charge in [-0.3, -0.25) is 9.36 Å². The van der Waals surface area contributed by atoms with Crippen molar-refractivity contribution in [3.8, 4) is 11.4 Å². The summed E-state index contributed by atoms with van der Waals surface area (Å²) in [5, 5.41) is 0.988. The lowest BCUT2D eigenvalue weighted by molar-refractivity contribution is 0.415. The fourth-order valence-electron chi connectivity index (χ4n) is 2.19. The van der Waals surface area contributed by atoms with Gasteiger partial charge in [0, 0.05) is 0 Å². The van der Waals surface area contributed by atoms with Gasteiger partial charge in [0.25, 0.3) is 5.56 Å². The normalized spacial score (nSPS) is 10.8. The third kappa shape index (κ3) is 2.34. The van der Waals surface area contributed by atoms with Gasteiger partial charge >= 0.3 is 0 Å². The number of fused-ring (bicyclic) bond motifs is 1. The predicted octanol–water partition coefficient (Wildman–Crippen LogP) is 3.71. The Kier molecular flexibility index (Phi) is 3.53. The average Bonchev–Trinajstić information content (AvgIpc) is 2.47. The fourth-order valence-corrected chi connectivity index (χ4v) is 2.74. The van der Waals surface area contributed by atoms with E-state index in [9.17, 15) is 4.79 Å². The van der Waals surface area contributed by atoms with Gasteiger partial charge in [-0.2, -0.15) is 0 Å². The van der Waals surface area contributed by atoms with Crippen LogP contribution in [0.1, 0.15) is 0 Å². The van der Waals surface area contributed by atoms with E-state index in [1.165, 1.54) is 11.7 Å². The molecule has 3 rings (SSSR count). The molecule has 4 nitrogen and oxygen atoms in total. The van der Waals surface area contributed by atoms with Gasteiger partial charge in [0.15, 0.2) is 4.77 Å². The largest absolute Gasteiger partial charge is 0.495 e. The van der Waals surface area contributed by atoms with Crippen LogP contribution in [-0.4, -0.2) is 16.7 Å². The molecule has 0 spiro atoms. The minimum atomic E-state index is -0.185. The standard InChI is InChI=1S/C15H11ClN2O2S/c1-20-13-7-6-9(8-11(13)16)18-14(19)10-4-2-3-5-12(10)17-15(18)21/h2-8H,1H3,(H,17,21). The van der Waals surface area contributed by atoms with Crippen molar-refractivity contribution in [1.82, 2.24) is 9.55 Å². The van der Waals surface area contributed by atoms with Crippen LogP contribution in [-0.2, 0) is 0 Å². The first kappa shape index (κ1) is 13.9. The van der Waals surface area contributed by atoms with E-state index in [0.29, 0.717) is 32.1 Å². The number of rotatable bonds is 2. The number of halogens is 1. The van der Waals surface area contributed by atoms with E-state index in [1.807, 2.05) is 18.2 Å². The van der Waals surface area contributed by atoms with Crippen LogP contribution in [0, 0.1) is 4.77 Å². The number of ether oxygens (including phenoxy) is 1. The molecule has 1 N–H and O–H groups in total. The number of H-pyrrole nitrogens is 1. The van der Waals surface area contributed by atoms with Crippen LogP contribution < -0.4 is 10.3 Å². The zero-order valence-corrected chi connectivity index (χ0v) is 12.7. The van der Waals surface area contributed by atoms with Gasteiger partial charge in [-0.1, -0.05) is 23.7 Å². The van der Waals surface area contributed by atoms with E-state index >= 15 is 0 Å². The van der Waals surface area contributed by atoms with Crippen LogP contribution >= 0.6 is 23.8 Å². The molecule has 0 amide bonds. The van der Waals surface area contributed by atoms with Crippen molar-refractivity contribution >= 4 is 34.7 Å². The van der Waals surface area contributed by atoms with Crippen LogP contribution in [0.3, 0.4) is 0 Å². The molecule has 106 valence electrons. The number of para-hydroxylation sites is 1. The van der Waals surface area contributed by atoms with Crippen LogP contribution in [0.15, 0.2) is 47.3 Å². The Balaban J connectivity index is 2.33. The number of aromatic nitrogens is 2. The summed E-state index contributed by atoms with van der Waals surface area (Å²) >= 11 is 11.4. The van der Waals surface area contributed by atoms with Crippen molar-refractivity contribution in [3.05, 3.63) is 62.6 Å². The minimum absolute atomic E-state index is 0.185. The van der Waals surface area contributed by atoms with Crippen LogP contribution in [0.4, 0.5) is 0 Å². The maximum Gasteiger partial charge on any atom is 0.266 e. The van der Waals surface area contributed by atoms with E-state index in [4.69, 9.17) is 28.6 Å². The molecule has 0 saturated heterocycles. The summed E-state index contributed by atoms with van der Waals surface area (Å²) in [7, 11) is 1.54. The molecule has 0 bridgehead atoms. The first-order chi connectivity index (χ1) is 10.1. The van der Waals surface area contributed by atoms with Crippen molar-refractivity contribution in [1.29, 1.82) is 0 Å². The number of methoxy groups -OCH3 is 1. The molecule has 2 aromatic carbocycles. The topological polar surface area (TPSA) is 47.0 Å². The second kappa shape index (κ2) is 5.35. The summed E-state index contributed by atoms with van der Waals surface area (Å²) in [6, 6.07) is 12.3. The Morgan fingerprint density at radius 2 is 2.00 bits per heavy atom. The third-order valence-corrected chi connectivity index (χ3v) is 3.78. The molecule has 0 radical (unpaired) electrons. The quantitative estimate of drug-likeness (QED) is 0.733. The zero-order valence-electron chi connectivity index (χ0n) is 11.1. The van der Waals surface area contributed by atoms with Gasteiger partial charge in [-0.25, -0.2) is 0 Å². The molecule has 21 heavy (non-hydrogen) atoms. The lowest BCUT2D eigenvalue weighted by Gasteiger charge is -2.10. The highest BCUT2D eigenvalue weighted by molar-refractivity contribution is 7.71. The maximum absolute atomic E-state index is 12.6. The van der Waals surface area contributed by atoms with E-state index in [0.717, 1.165) is 0 Å². The molecule has 0 aliphatic rings. The molecule has 6 heteroatoms. The molecule has 1 heterocycles. The molecule has 0 fully saturated rings. The highest BCUT2D eigenvalue weighted by Gasteiger charge is 2.09. The molecule has 0 atom stereocenters. The molecule has 3 aromatic rings. The molecular weight excluding hydrogens is 308 g/mol. The smallest absolute Gasteiger partial charge is 0.266 e. The summed E-state index contributed by atoms with van der Waals surface area (Å²) in [6.45, 7) is 0. The molecule has 0 aliphatic heterocycles. The second-order valence-electron chi connectivity index (χ2n) is 4.44. The zero-order chi connectivity index (χ0) is 15.0. The number of nitrogens with one attached hydrogen (secondary N) is 1. The van der Waals surface area contributed by atoms with Gasteiger partial charge in [0.2, 0.25) is 0 Å². The maximum atomic E-state index is 12.6. The predicted molar refractivity (Wildman–Crippen MR) is 86.3 cm³/mol. The van der Waals surface area contributed by atoms with Crippen LogP contribution in [0.2, 0.25) is 5.02 Å². The lowest BCUT2D eigenvalue weighted by atomic mass is 10.2. The SMILES string of the molecule is COc1ccc(-n2c(=S)[nH]c3ccccc3c2=O)cc1Cl. The number of nitrogens with zero attached hydrogens (tertiary/aromatic N) is 1. The number of hydrogen-bond donors (Lipinski definition) is 1. The van der Waals surface area contributed by atoms with E-state index in [-0.39, 0.29) is 5.56 Å². The van der Waals surface area contributed by atoms with Crippen molar-refractivity contribution in [2.75, 3.05) is 7.11 Å². The Bertz CT molecular complexity index is 946. The summed E-state index contributed by atoms with van der Waals surface area (Å²) < 4.78 is 6.85. The summed E-state index contributed by atoms with van der Waals surface area (Å²) in [5.74, 6) is 0.546. The minimum Gasteiger partial charge on any atom is -0.495 e. The summed E-state index contributed by atoms with van der Waals surface area (Å²) in [6.07, 6.45) is 0. The van der Waals surface area contributed by atoms with Crippen molar-refractivity contribution in [3.63, 3.8) is 0 Å². The van der Waals surface area contributed by atoms with Crippen LogP contribution in [0.25, 0.3) is 16.6 Å². The Morgan fingerprint density at radius 1 is 1.24 bits per heavy atom. The molecule has 1 aromatic heterocycles.